The fourth-order valence-corrected chi connectivity index (χ4v) is 4.85. The number of benzene rings is 2. The van der Waals surface area contributed by atoms with Crippen molar-refractivity contribution in [1.82, 2.24) is 20.4 Å². The van der Waals surface area contributed by atoms with Crippen molar-refractivity contribution < 1.29 is 23.1 Å². The number of aromatic nitrogens is 2. The lowest BCUT2D eigenvalue weighted by Gasteiger charge is -2.36. The number of rotatable bonds is 3. The lowest BCUT2D eigenvalue weighted by atomic mass is 9.93. The van der Waals surface area contributed by atoms with Crippen LogP contribution in [0.1, 0.15) is 51.6 Å². The molecular formula is C24H23F3N4O2. The summed E-state index contributed by atoms with van der Waals surface area (Å²) in [7, 11) is 0. The zero-order valence-corrected chi connectivity index (χ0v) is 17.9. The third-order valence-electron chi connectivity index (χ3n) is 6.47. The van der Waals surface area contributed by atoms with Crippen LogP contribution in [-0.4, -0.2) is 45.2 Å². The average molecular weight is 456 g/mol. The van der Waals surface area contributed by atoms with E-state index in [-0.39, 0.29) is 17.7 Å². The van der Waals surface area contributed by atoms with E-state index in [2.05, 4.69) is 15.5 Å². The normalized spacial score (nSPS) is 19.2. The lowest BCUT2D eigenvalue weighted by Crippen LogP contribution is -2.45. The highest BCUT2D eigenvalue weighted by Gasteiger charge is 2.46. The Morgan fingerprint density at radius 3 is 2.45 bits per heavy atom. The van der Waals surface area contributed by atoms with Gasteiger partial charge in [-0.05, 0) is 62.7 Å². The van der Waals surface area contributed by atoms with Gasteiger partial charge in [0.1, 0.15) is 17.1 Å². The number of amides is 1. The summed E-state index contributed by atoms with van der Waals surface area (Å²) in [6.07, 6.45) is -2.96. The van der Waals surface area contributed by atoms with Crippen LogP contribution in [0.5, 0.6) is 5.75 Å². The molecule has 1 aromatic heterocycles. The van der Waals surface area contributed by atoms with Crippen LogP contribution in [-0.2, 0) is 6.18 Å². The maximum absolute atomic E-state index is 13.5. The summed E-state index contributed by atoms with van der Waals surface area (Å²) >= 11 is 0. The molecule has 1 fully saturated rings. The first-order valence-electron chi connectivity index (χ1n) is 10.8. The number of hydrogen-bond donors (Lipinski definition) is 3. The van der Waals surface area contributed by atoms with Gasteiger partial charge in [-0.3, -0.25) is 9.89 Å². The van der Waals surface area contributed by atoms with Gasteiger partial charge in [0.2, 0.25) is 0 Å². The second-order valence-electron chi connectivity index (χ2n) is 8.60. The molecule has 0 radical (unpaired) electrons. The molecule has 2 aliphatic rings. The van der Waals surface area contributed by atoms with Gasteiger partial charge in [0.25, 0.3) is 5.91 Å². The molecule has 0 saturated carbocycles. The van der Waals surface area contributed by atoms with E-state index in [1.54, 1.807) is 23.1 Å². The number of phenols is 1. The van der Waals surface area contributed by atoms with Crippen LogP contribution in [0.4, 0.5) is 13.2 Å². The molecule has 1 atom stereocenters. The first kappa shape index (κ1) is 21.5. The maximum Gasteiger partial charge on any atom is 0.416 e. The highest BCUT2D eigenvalue weighted by atomic mass is 19.4. The molecule has 1 amide bonds. The largest absolute Gasteiger partial charge is 0.507 e. The van der Waals surface area contributed by atoms with Crippen molar-refractivity contribution in [3.8, 4) is 17.0 Å². The molecule has 3 aromatic rings. The molecule has 0 spiro atoms. The summed E-state index contributed by atoms with van der Waals surface area (Å²) in [6, 6.07) is 9.40. The van der Waals surface area contributed by atoms with Crippen LogP contribution in [0.2, 0.25) is 0 Å². The molecule has 6 nitrogen and oxygen atoms in total. The highest BCUT2D eigenvalue weighted by Crippen LogP contribution is 2.46. The molecule has 0 aliphatic carbocycles. The number of nitrogens with one attached hydrogen (secondary N) is 2. The van der Waals surface area contributed by atoms with Crippen LogP contribution < -0.4 is 5.32 Å². The number of hydrogen-bond acceptors (Lipinski definition) is 4. The van der Waals surface area contributed by atoms with Crippen molar-refractivity contribution in [1.29, 1.82) is 0 Å². The number of nitrogens with zero attached hydrogens (tertiary/aromatic N) is 2. The fraction of sp³-hybridized carbons (Fsp3) is 0.333. The number of H-pyrrole nitrogens is 1. The molecule has 0 bridgehead atoms. The number of alkyl halides is 3. The summed E-state index contributed by atoms with van der Waals surface area (Å²) in [4.78, 5) is 15.3. The van der Waals surface area contributed by atoms with Crippen LogP contribution in [0.25, 0.3) is 11.3 Å². The van der Waals surface area contributed by atoms with Gasteiger partial charge in [-0.2, -0.15) is 18.3 Å². The Morgan fingerprint density at radius 2 is 1.79 bits per heavy atom. The number of carbonyl (C=O) groups excluding carboxylic acids is 1. The van der Waals surface area contributed by atoms with Gasteiger partial charge >= 0.3 is 6.18 Å². The summed E-state index contributed by atoms with van der Waals surface area (Å²) in [6.45, 7) is 3.40. The second kappa shape index (κ2) is 7.91. The minimum Gasteiger partial charge on any atom is -0.507 e. The van der Waals surface area contributed by atoms with Gasteiger partial charge in [0.15, 0.2) is 0 Å². The summed E-state index contributed by atoms with van der Waals surface area (Å²) in [5.41, 5.74) is 2.54. The third-order valence-corrected chi connectivity index (χ3v) is 6.47. The molecule has 5 rings (SSSR count). The Morgan fingerprint density at radius 1 is 1.09 bits per heavy atom. The first-order chi connectivity index (χ1) is 15.8. The molecular weight excluding hydrogens is 433 g/mol. The molecule has 1 saturated heterocycles. The molecule has 2 aliphatic heterocycles. The van der Waals surface area contributed by atoms with E-state index in [0.717, 1.165) is 43.6 Å². The Bertz CT molecular complexity index is 1200. The van der Waals surface area contributed by atoms with Gasteiger partial charge in [-0.25, -0.2) is 0 Å². The fourth-order valence-electron chi connectivity index (χ4n) is 4.85. The number of fused-ring (bicyclic) bond motifs is 1. The summed E-state index contributed by atoms with van der Waals surface area (Å²) in [5.74, 6) is -0.207. The number of carbonyl (C=O) groups is 1. The SMILES string of the molecule is Cc1ccc(O)c(-c2n[nH]c3c2C(c2ccc(C(F)(F)F)cc2)N(C2CCNCC2)C3=O)c1. The van der Waals surface area contributed by atoms with E-state index in [0.29, 0.717) is 28.1 Å². The number of piperidine rings is 1. The number of aromatic hydroxyl groups is 1. The average Bonchev–Trinajstić information content (AvgIpc) is 3.34. The van der Waals surface area contributed by atoms with Gasteiger partial charge in [0.05, 0.1) is 11.6 Å². The highest BCUT2D eigenvalue weighted by molar-refractivity contribution is 6.00. The van der Waals surface area contributed by atoms with Gasteiger partial charge < -0.3 is 15.3 Å². The maximum atomic E-state index is 13.5. The van der Waals surface area contributed by atoms with E-state index in [4.69, 9.17) is 0 Å². The Labute approximate surface area is 188 Å². The number of aromatic amines is 1. The minimum atomic E-state index is -4.45. The smallest absolute Gasteiger partial charge is 0.416 e. The van der Waals surface area contributed by atoms with E-state index in [1.807, 2.05) is 6.92 Å². The zero-order chi connectivity index (χ0) is 23.3. The first-order valence-corrected chi connectivity index (χ1v) is 10.8. The van der Waals surface area contributed by atoms with Gasteiger partial charge in [-0.1, -0.05) is 23.8 Å². The number of halogens is 3. The van der Waals surface area contributed by atoms with Crippen LogP contribution in [0.3, 0.4) is 0 Å². The zero-order valence-electron chi connectivity index (χ0n) is 17.9. The van der Waals surface area contributed by atoms with Crippen LogP contribution in [0.15, 0.2) is 42.5 Å². The second-order valence-corrected chi connectivity index (χ2v) is 8.60. The quantitative estimate of drug-likeness (QED) is 0.546. The molecule has 3 N–H and O–H groups in total. The molecule has 33 heavy (non-hydrogen) atoms. The molecule has 172 valence electrons. The number of aryl methyl sites for hydroxylation is 1. The predicted octanol–water partition coefficient (Wildman–Crippen LogP) is 4.41. The Kier molecular flexibility index (Phi) is 5.16. The topological polar surface area (TPSA) is 81.2 Å². The van der Waals surface area contributed by atoms with E-state index < -0.39 is 17.8 Å². The van der Waals surface area contributed by atoms with Crippen molar-refractivity contribution in [3.63, 3.8) is 0 Å². The van der Waals surface area contributed by atoms with Gasteiger partial charge in [0, 0.05) is 17.2 Å². The Balaban J connectivity index is 1.66. The third kappa shape index (κ3) is 3.66. The van der Waals surface area contributed by atoms with Crippen molar-refractivity contribution in [3.05, 3.63) is 70.4 Å². The molecule has 9 heteroatoms. The standard InChI is InChI=1S/C24H23F3N4O2/c1-13-2-7-18(32)17(12-13)20-19-21(30-29-20)23(33)31(16-8-10-28-11-9-16)22(19)14-3-5-15(6-4-14)24(25,26)27/h2-7,12,16,22,28,32H,8-11H2,1H3,(H,29,30). The van der Waals surface area contributed by atoms with Crippen molar-refractivity contribution >= 4 is 5.91 Å². The van der Waals surface area contributed by atoms with E-state index in [1.165, 1.54) is 12.1 Å². The summed E-state index contributed by atoms with van der Waals surface area (Å²) < 4.78 is 39.5. The lowest BCUT2D eigenvalue weighted by molar-refractivity contribution is -0.137. The number of phenolic OH excluding ortho intramolecular Hbond substituents is 1. The van der Waals surface area contributed by atoms with Crippen molar-refractivity contribution in [2.24, 2.45) is 0 Å². The predicted molar refractivity (Wildman–Crippen MR) is 116 cm³/mol. The monoisotopic (exact) mass is 456 g/mol. The van der Waals surface area contributed by atoms with E-state index in [9.17, 15) is 23.1 Å². The minimum absolute atomic E-state index is 0.0221. The van der Waals surface area contributed by atoms with Crippen LogP contribution >= 0.6 is 0 Å². The van der Waals surface area contributed by atoms with Crippen molar-refractivity contribution in [2.75, 3.05) is 13.1 Å². The van der Waals surface area contributed by atoms with E-state index >= 15 is 0 Å². The Hall–Kier alpha value is -3.33. The van der Waals surface area contributed by atoms with Crippen molar-refractivity contribution in [2.45, 2.75) is 38.0 Å². The molecule has 1 unspecified atom stereocenters. The molecule has 3 heterocycles. The van der Waals surface area contributed by atoms with Gasteiger partial charge in [-0.15, -0.1) is 0 Å². The summed E-state index contributed by atoms with van der Waals surface area (Å²) in [5, 5.41) is 21.0. The molecule has 2 aromatic carbocycles. The van der Waals surface area contributed by atoms with Crippen LogP contribution in [0, 0.1) is 6.92 Å².